The minimum Gasteiger partial charge on any atom is -0.390 e. The highest BCUT2D eigenvalue weighted by Crippen LogP contribution is 2.45. The standard InChI is InChI=1S/C31H32F2N2O3/c1-3-21-6-5-7-25(14-21)31(12-13-31)34-19-29(36)28(17-23-15-26(32)18-27(33)16-23)35-30(37)24-10-8-22(9-11-24)20-38-4-2/h1,5-11,14-16,18,28-29,34,36H,4,12-13,17,19-20H2,2H3,(H,35,37)/t28-,29-/m0/s1. The summed E-state index contributed by atoms with van der Waals surface area (Å²) in [7, 11) is 0. The van der Waals surface area contributed by atoms with Crippen molar-refractivity contribution in [1.29, 1.82) is 0 Å². The van der Waals surface area contributed by atoms with Crippen molar-refractivity contribution >= 4 is 5.91 Å². The lowest BCUT2D eigenvalue weighted by atomic mass is 9.98. The van der Waals surface area contributed by atoms with Gasteiger partial charge >= 0.3 is 0 Å². The number of aliphatic hydroxyl groups excluding tert-OH is 1. The number of halogens is 2. The number of benzene rings is 3. The van der Waals surface area contributed by atoms with E-state index in [-0.39, 0.29) is 18.5 Å². The van der Waals surface area contributed by atoms with Gasteiger partial charge in [0.05, 0.1) is 18.8 Å². The first-order valence-electron chi connectivity index (χ1n) is 12.7. The summed E-state index contributed by atoms with van der Waals surface area (Å²) in [5.41, 5.74) is 3.20. The predicted octanol–water partition coefficient (Wildman–Crippen LogP) is 4.46. The molecule has 4 rings (SSSR count). The maximum absolute atomic E-state index is 13.9. The van der Waals surface area contributed by atoms with Gasteiger partial charge in [-0.3, -0.25) is 4.79 Å². The third-order valence-electron chi connectivity index (χ3n) is 6.83. The van der Waals surface area contributed by atoms with Crippen LogP contribution in [-0.4, -0.2) is 36.3 Å². The average molecular weight is 519 g/mol. The maximum atomic E-state index is 13.9. The molecule has 2 atom stereocenters. The van der Waals surface area contributed by atoms with Crippen molar-refractivity contribution in [3.63, 3.8) is 0 Å². The van der Waals surface area contributed by atoms with E-state index >= 15 is 0 Å². The number of ether oxygens (including phenoxy) is 1. The van der Waals surface area contributed by atoms with E-state index in [0.717, 1.165) is 35.6 Å². The van der Waals surface area contributed by atoms with E-state index in [4.69, 9.17) is 11.2 Å². The highest BCUT2D eigenvalue weighted by Gasteiger charge is 2.44. The minimum absolute atomic E-state index is 0.0469. The molecule has 1 saturated carbocycles. The number of nitrogens with one attached hydrogen (secondary N) is 2. The van der Waals surface area contributed by atoms with Gasteiger partial charge in [0, 0.05) is 35.9 Å². The van der Waals surface area contributed by atoms with E-state index in [1.165, 1.54) is 12.1 Å². The van der Waals surface area contributed by atoms with Crippen LogP contribution in [0.1, 0.15) is 52.4 Å². The molecule has 1 amide bonds. The van der Waals surface area contributed by atoms with Crippen LogP contribution >= 0.6 is 0 Å². The van der Waals surface area contributed by atoms with Crippen LogP contribution in [0.25, 0.3) is 0 Å². The Morgan fingerprint density at radius 3 is 2.42 bits per heavy atom. The van der Waals surface area contributed by atoms with E-state index in [0.29, 0.717) is 24.3 Å². The molecule has 1 aliphatic carbocycles. The number of terminal acetylenes is 1. The molecule has 0 aromatic heterocycles. The Balaban J connectivity index is 1.48. The maximum Gasteiger partial charge on any atom is 0.251 e. The molecule has 3 N–H and O–H groups in total. The molecule has 0 bridgehead atoms. The zero-order chi connectivity index (χ0) is 27.1. The topological polar surface area (TPSA) is 70.6 Å². The second kappa shape index (κ2) is 12.3. The molecule has 7 heteroatoms. The lowest BCUT2D eigenvalue weighted by Gasteiger charge is -2.27. The number of hydrogen-bond acceptors (Lipinski definition) is 4. The highest BCUT2D eigenvalue weighted by molar-refractivity contribution is 5.94. The summed E-state index contributed by atoms with van der Waals surface area (Å²) in [5, 5.41) is 17.5. The molecule has 3 aromatic rings. The second-order valence-corrected chi connectivity index (χ2v) is 9.65. The molecule has 5 nitrogen and oxygen atoms in total. The Hall–Kier alpha value is -3.57. The molecular formula is C31H32F2N2O3. The summed E-state index contributed by atoms with van der Waals surface area (Å²) in [6.07, 6.45) is 6.33. The number of hydrogen-bond donors (Lipinski definition) is 3. The van der Waals surface area contributed by atoms with Gasteiger partial charge in [-0.25, -0.2) is 8.78 Å². The normalized spacial score (nSPS) is 15.3. The Labute approximate surface area is 222 Å². The van der Waals surface area contributed by atoms with Crippen LogP contribution in [0.3, 0.4) is 0 Å². The van der Waals surface area contributed by atoms with Gasteiger partial charge in [-0.1, -0.05) is 30.2 Å². The van der Waals surface area contributed by atoms with Gasteiger partial charge in [-0.2, -0.15) is 0 Å². The van der Waals surface area contributed by atoms with Gasteiger partial charge in [0.2, 0.25) is 0 Å². The highest BCUT2D eigenvalue weighted by atomic mass is 19.1. The monoisotopic (exact) mass is 518 g/mol. The first-order chi connectivity index (χ1) is 18.3. The molecule has 1 fully saturated rings. The smallest absolute Gasteiger partial charge is 0.251 e. The quantitative estimate of drug-likeness (QED) is 0.310. The fourth-order valence-corrected chi connectivity index (χ4v) is 4.53. The SMILES string of the molecule is C#Cc1cccc(C2(NC[C@H](O)[C@H](Cc3cc(F)cc(F)c3)NC(=O)c3ccc(COCC)cc3)CC2)c1. The number of amides is 1. The van der Waals surface area contributed by atoms with E-state index in [1.54, 1.807) is 24.3 Å². The summed E-state index contributed by atoms with van der Waals surface area (Å²) >= 11 is 0. The zero-order valence-corrected chi connectivity index (χ0v) is 21.3. The molecule has 3 aromatic carbocycles. The number of carbonyl (C=O) groups is 1. The van der Waals surface area contributed by atoms with Gasteiger partial charge < -0.3 is 20.5 Å². The van der Waals surface area contributed by atoms with Crippen LogP contribution < -0.4 is 10.6 Å². The first kappa shape index (κ1) is 27.5. The van der Waals surface area contributed by atoms with Gasteiger partial charge in [0.1, 0.15) is 11.6 Å². The van der Waals surface area contributed by atoms with Gasteiger partial charge in [0.25, 0.3) is 5.91 Å². The fourth-order valence-electron chi connectivity index (χ4n) is 4.53. The van der Waals surface area contributed by atoms with Crippen LogP contribution in [0.4, 0.5) is 8.78 Å². The molecule has 0 spiro atoms. The lowest BCUT2D eigenvalue weighted by Crippen LogP contribution is -2.50. The van der Waals surface area contributed by atoms with E-state index in [2.05, 4.69) is 16.6 Å². The summed E-state index contributed by atoms with van der Waals surface area (Å²) in [6, 6.07) is 17.1. The van der Waals surface area contributed by atoms with Crippen LogP contribution in [0.2, 0.25) is 0 Å². The summed E-state index contributed by atoms with van der Waals surface area (Å²) in [5.74, 6) is 0.823. The predicted molar refractivity (Wildman–Crippen MR) is 142 cm³/mol. The van der Waals surface area contributed by atoms with Crippen molar-refractivity contribution in [2.45, 2.75) is 50.5 Å². The second-order valence-electron chi connectivity index (χ2n) is 9.65. The van der Waals surface area contributed by atoms with Gasteiger partial charge in [-0.05, 0) is 79.3 Å². The molecule has 0 radical (unpaired) electrons. The van der Waals surface area contributed by atoms with Gasteiger partial charge in [0.15, 0.2) is 0 Å². The third-order valence-corrected chi connectivity index (χ3v) is 6.83. The molecular weight excluding hydrogens is 486 g/mol. The third kappa shape index (κ3) is 7.05. The molecule has 0 saturated heterocycles. The van der Waals surface area contributed by atoms with Crippen LogP contribution in [0.5, 0.6) is 0 Å². The van der Waals surface area contributed by atoms with Crippen molar-refractivity contribution < 1.29 is 23.4 Å². The molecule has 1 aliphatic rings. The molecule has 0 heterocycles. The Kier molecular flexibility index (Phi) is 8.90. The first-order valence-corrected chi connectivity index (χ1v) is 12.7. The number of aliphatic hydroxyl groups is 1. The zero-order valence-electron chi connectivity index (χ0n) is 21.3. The molecule has 38 heavy (non-hydrogen) atoms. The Bertz CT molecular complexity index is 1280. The number of rotatable bonds is 12. The van der Waals surface area contributed by atoms with E-state index in [9.17, 15) is 18.7 Å². The largest absolute Gasteiger partial charge is 0.390 e. The van der Waals surface area contributed by atoms with Crippen LogP contribution in [0, 0.1) is 24.0 Å². The van der Waals surface area contributed by atoms with E-state index < -0.39 is 29.7 Å². The van der Waals surface area contributed by atoms with E-state index in [1.807, 2.05) is 31.2 Å². The summed E-state index contributed by atoms with van der Waals surface area (Å²) < 4.78 is 33.1. The van der Waals surface area contributed by atoms with Crippen molar-refractivity contribution in [3.05, 3.63) is 106 Å². The fraction of sp³-hybridized carbons (Fsp3) is 0.323. The Morgan fingerprint density at radius 2 is 1.79 bits per heavy atom. The minimum atomic E-state index is -1.03. The lowest BCUT2D eigenvalue weighted by molar-refractivity contribution is 0.0822. The van der Waals surface area contributed by atoms with Crippen molar-refractivity contribution in [3.8, 4) is 12.3 Å². The molecule has 198 valence electrons. The summed E-state index contributed by atoms with van der Waals surface area (Å²) in [4.78, 5) is 13.1. The number of carbonyl (C=O) groups excluding carboxylic acids is 1. The van der Waals surface area contributed by atoms with Crippen LogP contribution in [-0.2, 0) is 23.3 Å². The van der Waals surface area contributed by atoms with Crippen molar-refractivity contribution in [2.24, 2.45) is 0 Å². The summed E-state index contributed by atoms with van der Waals surface area (Å²) in [6.45, 7) is 3.11. The molecule has 0 unspecified atom stereocenters. The van der Waals surface area contributed by atoms with Gasteiger partial charge in [-0.15, -0.1) is 6.42 Å². The van der Waals surface area contributed by atoms with Crippen LogP contribution in [0.15, 0.2) is 66.7 Å². The average Bonchev–Trinajstić information content (AvgIpc) is 3.71. The molecule has 0 aliphatic heterocycles. The van der Waals surface area contributed by atoms with Crippen molar-refractivity contribution in [1.82, 2.24) is 10.6 Å². The van der Waals surface area contributed by atoms with Crippen molar-refractivity contribution in [2.75, 3.05) is 13.2 Å². The Morgan fingerprint density at radius 1 is 1.08 bits per heavy atom.